The van der Waals surface area contributed by atoms with Crippen LogP contribution in [-0.2, 0) is 0 Å². The van der Waals surface area contributed by atoms with Gasteiger partial charge in [-0.1, -0.05) is 23.8 Å². The van der Waals surface area contributed by atoms with E-state index in [1.54, 1.807) is 0 Å². The molecule has 1 rings (SSSR count). The normalized spacial score (nSPS) is 18.4. The maximum Gasteiger partial charge on any atom is 0.327 e. The van der Waals surface area contributed by atoms with Crippen molar-refractivity contribution in [2.24, 2.45) is 0 Å². The predicted molar refractivity (Wildman–Crippen MR) is 39.2 cm³/mol. The molecule has 0 saturated carbocycles. The molecule has 1 N–H and O–H groups in total. The molecule has 0 unspecified atom stereocenters. The number of hydrogen-bond donors (Lipinski definition) is 1. The van der Waals surface area contributed by atoms with Crippen LogP contribution in [0.2, 0.25) is 0 Å². The average Bonchev–Trinajstić information content (AvgIpc) is 1.89. The summed E-state index contributed by atoms with van der Waals surface area (Å²) in [7, 11) is 1.04. The zero-order valence-corrected chi connectivity index (χ0v) is 5.73. The maximum absolute atomic E-state index is 8.54. The van der Waals surface area contributed by atoms with E-state index in [-0.39, 0.29) is 0 Å². The molecule has 0 amide bonds. The van der Waals surface area contributed by atoms with Gasteiger partial charge >= 0.3 is 7.48 Å². The number of allylic oxidation sites excluding steroid dienone is 4. The van der Waals surface area contributed by atoms with E-state index in [1.165, 1.54) is 0 Å². The van der Waals surface area contributed by atoms with Crippen LogP contribution >= 0.6 is 11.6 Å². The Labute approximate surface area is 60.3 Å². The Balaban J connectivity index is 2.68. The van der Waals surface area contributed by atoms with Gasteiger partial charge in [0.2, 0.25) is 0 Å². The van der Waals surface area contributed by atoms with Gasteiger partial charge in [-0.15, -0.1) is 0 Å². The molecule has 0 fully saturated rings. The molecule has 1 nitrogen and oxygen atoms in total. The lowest BCUT2D eigenvalue weighted by Gasteiger charge is -2.05. The van der Waals surface area contributed by atoms with E-state index in [0.717, 1.165) is 25.8 Å². The van der Waals surface area contributed by atoms with Gasteiger partial charge in [0.05, 0.1) is 0 Å². The molecular weight excluding hydrogens is 134 g/mol. The van der Waals surface area contributed by atoms with Crippen molar-refractivity contribution in [3.63, 3.8) is 0 Å². The summed E-state index contributed by atoms with van der Waals surface area (Å²) in [6.45, 7) is 0. The van der Waals surface area contributed by atoms with Crippen molar-refractivity contribution in [1.29, 1.82) is 0 Å². The highest BCUT2D eigenvalue weighted by atomic mass is 35.5. The van der Waals surface area contributed by atoms with Crippen LogP contribution in [0.5, 0.6) is 0 Å². The van der Waals surface area contributed by atoms with E-state index in [1.807, 2.05) is 12.2 Å². The van der Waals surface area contributed by atoms with Crippen LogP contribution in [0.4, 0.5) is 0 Å². The van der Waals surface area contributed by atoms with E-state index in [4.69, 9.17) is 16.6 Å². The molecule has 9 heavy (non-hydrogen) atoms. The van der Waals surface area contributed by atoms with E-state index in [2.05, 4.69) is 0 Å². The second-order valence-electron chi connectivity index (χ2n) is 1.92. The van der Waals surface area contributed by atoms with Gasteiger partial charge in [0.25, 0.3) is 0 Å². The SMILES string of the molecule is O[B]C1=CCCC=C1Cl. The molecule has 0 bridgehead atoms. The minimum atomic E-state index is 0.656. The molecule has 0 spiro atoms. The molecule has 0 aromatic heterocycles. The van der Waals surface area contributed by atoms with E-state index < -0.39 is 0 Å². The summed E-state index contributed by atoms with van der Waals surface area (Å²) in [6.07, 6.45) is 5.78. The molecule has 0 saturated heterocycles. The Morgan fingerprint density at radius 3 is 2.56 bits per heavy atom. The van der Waals surface area contributed by atoms with Crippen molar-refractivity contribution in [2.45, 2.75) is 12.8 Å². The first-order valence-corrected chi connectivity index (χ1v) is 3.26. The lowest BCUT2D eigenvalue weighted by molar-refractivity contribution is 0.611. The molecule has 0 aromatic carbocycles. The molecule has 3 heteroatoms. The second-order valence-corrected chi connectivity index (χ2v) is 2.33. The summed E-state index contributed by atoms with van der Waals surface area (Å²) in [4.78, 5) is 0. The van der Waals surface area contributed by atoms with Crippen molar-refractivity contribution in [2.75, 3.05) is 0 Å². The first-order chi connectivity index (χ1) is 4.34. The number of hydrogen-bond acceptors (Lipinski definition) is 1. The number of halogens is 1. The van der Waals surface area contributed by atoms with Gasteiger partial charge in [-0.3, -0.25) is 0 Å². The van der Waals surface area contributed by atoms with Gasteiger partial charge in [0.1, 0.15) is 0 Å². The van der Waals surface area contributed by atoms with E-state index in [9.17, 15) is 0 Å². The maximum atomic E-state index is 8.54. The Hall–Kier alpha value is -0.205. The minimum Gasteiger partial charge on any atom is -0.450 e. The summed E-state index contributed by atoms with van der Waals surface area (Å²) in [6, 6.07) is 0. The molecule has 0 aliphatic heterocycles. The summed E-state index contributed by atoms with van der Waals surface area (Å²) in [5, 5.41) is 9.20. The van der Waals surface area contributed by atoms with Crippen LogP contribution in [0.15, 0.2) is 22.7 Å². The minimum absolute atomic E-state index is 0.656. The van der Waals surface area contributed by atoms with Crippen LogP contribution in [0.25, 0.3) is 0 Å². The molecule has 0 atom stereocenters. The Bertz CT molecular complexity index is 162. The average molecular weight is 141 g/mol. The third-order valence-corrected chi connectivity index (χ3v) is 1.64. The van der Waals surface area contributed by atoms with Gasteiger partial charge < -0.3 is 5.02 Å². The Morgan fingerprint density at radius 1 is 1.44 bits per heavy atom. The fourth-order valence-electron chi connectivity index (χ4n) is 0.779. The highest BCUT2D eigenvalue weighted by Crippen LogP contribution is 2.19. The van der Waals surface area contributed by atoms with Crippen LogP contribution in [0.3, 0.4) is 0 Å². The first kappa shape index (κ1) is 6.91. The standard InChI is InChI=1S/C6H7BClO/c8-6-4-2-1-3-5(6)7-9/h3-4,9H,1-2H2. The molecule has 1 aliphatic rings. The van der Waals surface area contributed by atoms with Crippen molar-refractivity contribution < 1.29 is 5.02 Å². The molecule has 0 heterocycles. The van der Waals surface area contributed by atoms with Crippen molar-refractivity contribution in [1.82, 2.24) is 0 Å². The monoisotopic (exact) mass is 141 g/mol. The zero-order chi connectivity index (χ0) is 6.69. The summed E-state index contributed by atoms with van der Waals surface area (Å²) < 4.78 is 0. The van der Waals surface area contributed by atoms with Crippen molar-refractivity contribution in [3.8, 4) is 0 Å². The Kier molecular flexibility index (Phi) is 2.37. The third-order valence-electron chi connectivity index (χ3n) is 1.27. The van der Waals surface area contributed by atoms with E-state index >= 15 is 0 Å². The fourth-order valence-corrected chi connectivity index (χ4v) is 1.01. The highest BCUT2D eigenvalue weighted by Gasteiger charge is 2.05. The van der Waals surface area contributed by atoms with Crippen LogP contribution < -0.4 is 0 Å². The second kappa shape index (κ2) is 3.09. The lowest BCUT2D eigenvalue weighted by Crippen LogP contribution is -1.98. The smallest absolute Gasteiger partial charge is 0.327 e. The summed E-state index contributed by atoms with van der Waals surface area (Å²) >= 11 is 5.68. The predicted octanol–water partition coefficient (Wildman–Crippen LogP) is 1.40. The highest BCUT2D eigenvalue weighted by molar-refractivity contribution is 6.47. The van der Waals surface area contributed by atoms with Crippen LogP contribution in [0, 0.1) is 0 Å². The van der Waals surface area contributed by atoms with Crippen LogP contribution in [0.1, 0.15) is 12.8 Å². The van der Waals surface area contributed by atoms with Crippen molar-refractivity contribution in [3.05, 3.63) is 22.7 Å². The van der Waals surface area contributed by atoms with Gasteiger partial charge in [-0.05, 0) is 18.3 Å². The first-order valence-electron chi connectivity index (χ1n) is 2.88. The molecule has 1 radical (unpaired) electrons. The third kappa shape index (κ3) is 1.60. The van der Waals surface area contributed by atoms with Gasteiger partial charge in [-0.2, -0.15) is 0 Å². The summed E-state index contributed by atoms with van der Waals surface area (Å²) in [5.41, 5.74) is 0.739. The lowest BCUT2D eigenvalue weighted by atomic mass is 9.84. The zero-order valence-electron chi connectivity index (χ0n) is 4.97. The van der Waals surface area contributed by atoms with Gasteiger partial charge in [0, 0.05) is 5.03 Å². The largest absolute Gasteiger partial charge is 0.450 e. The summed E-state index contributed by atoms with van der Waals surface area (Å²) in [5.74, 6) is 0. The molecule has 0 aromatic rings. The quantitative estimate of drug-likeness (QED) is 0.547. The molecule has 47 valence electrons. The van der Waals surface area contributed by atoms with Gasteiger partial charge in [0.15, 0.2) is 0 Å². The Morgan fingerprint density at radius 2 is 2.11 bits per heavy atom. The number of rotatable bonds is 1. The van der Waals surface area contributed by atoms with Crippen LogP contribution in [-0.4, -0.2) is 12.5 Å². The molecule has 1 aliphatic carbocycles. The topological polar surface area (TPSA) is 20.2 Å². The van der Waals surface area contributed by atoms with Crippen molar-refractivity contribution >= 4 is 19.1 Å². The van der Waals surface area contributed by atoms with Gasteiger partial charge in [-0.25, -0.2) is 0 Å². The van der Waals surface area contributed by atoms with E-state index in [0.29, 0.717) is 5.03 Å². The fraction of sp³-hybridized carbons (Fsp3) is 0.333. The molecular formula is C6H7BClO.